The minimum Gasteiger partial charge on any atom is -1.00 e. The fourth-order valence-corrected chi connectivity index (χ4v) is 2.20. The van der Waals surface area contributed by atoms with E-state index in [0.29, 0.717) is 0 Å². The van der Waals surface area contributed by atoms with E-state index in [2.05, 4.69) is 42.4 Å². The van der Waals surface area contributed by atoms with Crippen molar-refractivity contribution in [2.45, 2.75) is 20.8 Å². The third-order valence-corrected chi connectivity index (χ3v) is 3.05. The lowest BCUT2D eigenvalue weighted by molar-refractivity contribution is -0.00000305. The molecule has 0 fully saturated rings. The maximum Gasteiger partial charge on any atom is 0.0901 e. The highest BCUT2D eigenvalue weighted by molar-refractivity contribution is 7.09. The fourth-order valence-electron chi connectivity index (χ4n) is 1.59. The summed E-state index contributed by atoms with van der Waals surface area (Å²) in [6.45, 7) is 6.29. The predicted octanol–water partition coefficient (Wildman–Crippen LogP) is 0.739. The Morgan fingerprint density at radius 3 is 2.40 bits per heavy atom. The van der Waals surface area contributed by atoms with Crippen LogP contribution in [0, 0.1) is 20.8 Å². The van der Waals surface area contributed by atoms with Crippen molar-refractivity contribution in [3.63, 3.8) is 0 Å². The molecule has 0 aliphatic rings. The zero-order chi connectivity index (χ0) is 10.1. The molecule has 15 heavy (non-hydrogen) atoms. The first kappa shape index (κ1) is 12.4. The molecule has 0 unspecified atom stereocenters. The molecule has 0 aliphatic carbocycles. The molecule has 0 saturated carbocycles. The molecule has 1 nitrogen and oxygen atoms in total. The molecule has 3 heteroatoms. The molecule has 0 N–H and O–H groups in total. The zero-order valence-electron chi connectivity index (χ0n) is 9.04. The number of thiazole rings is 1. The van der Waals surface area contributed by atoms with Crippen LogP contribution in [0.4, 0.5) is 0 Å². The Bertz CT molecular complexity index is 462. The van der Waals surface area contributed by atoms with Gasteiger partial charge in [0.2, 0.25) is 0 Å². The molecular weight excluding hydrogens is 270 g/mol. The highest BCUT2D eigenvalue weighted by Gasteiger charge is 2.04. The summed E-state index contributed by atoms with van der Waals surface area (Å²) >= 11 is 1.70. The van der Waals surface area contributed by atoms with Crippen LogP contribution in [0.5, 0.6) is 0 Å². The van der Waals surface area contributed by atoms with Crippen molar-refractivity contribution in [3.8, 4) is 11.3 Å². The number of aryl methyl sites for hydroxylation is 3. The first-order chi connectivity index (χ1) is 6.66. The van der Waals surface area contributed by atoms with Gasteiger partial charge in [-0.15, -0.1) is 11.3 Å². The first-order valence-electron chi connectivity index (χ1n) is 4.66. The summed E-state index contributed by atoms with van der Waals surface area (Å²) in [7, 11) is 0. The quantitative estimate of drug-likeness (QED) is 0.752. The van der Waals surface area contributed by atoms with Gasteiger partial charge in [-0.3, -0.25) is 0 Å². The smallest absolute Gasteiger partial charge is 0.0901 e. The zero-order valence-corrected chi connectivity index (χ0v) is 11.4. The standard InChI is InChI=1S/C12H13NS.BrH/c1-8-4-5-11(9(2)6-8)12-7-14-10(3)13-12;/h4-7H,1-3H3;1H/p-1. The molecule has 2 rings (SSSR count). The van der Waals surface area contributed by atoms with Crippen molar-refractivity contribution in [3.05, 3.63) is 39.7 Å². The van der Waals surface area contributed by atoms with Crippen LogP contribution >= 0.6 is 11.3 Å². The monoisotopic (exact) mass is 282 g/mol. The van der Waals surface area contributed by atoms with Crippen molar-refractivity contribution in [2.24, 2.45) is 0 Å². The van der Waals surface area contributed by atoms with Gasteiger partial charge in [0, 0.05) is 10.9 Å². The van der Waals surface area contributed by atoms with Crippen LogP contribution in [-0.2, 0) is 0 Å². The number of rotatable bonds is 1. The van der Waals surface area contributed by atoms with Gasteiger partial charge in [-0.05, 0) is 26.3 Å². The Balaban J connectivity index is 0.00000112. The van der Waals surface area contributed by atoms with Crippen LogP contribution in [0.3, 0.4) is 0 Å². The number of halogens is 1. The number of hydrogen-bond acceptors (Lipinski definition) is 2. The molecule has 0 atom stereocenters. The van der Waals surface area contributed by atoms with Gasteiger partial charge in [0.05, 0.1) is 10.7 Å². The highest BCUT2D eigenvalue weighted by atomic mass is 79.9. The lowest BCUT2D eigenvalue weighted by Gasteiger charge is -2.03. The molecule has 1 aromatic carbocycles. The van der Waals surface area contributed by atoms with Crippen molar-refractivity contribution in [1.82, 2.24) is 4.98 Å². The van der Waals surface area contributed by atoms with E-state index in [4.69, 9.17) is 0 Å². The Kier molecular flexibility index (Phi) is 4.05. The largest absolute Gasteiger partial charge is 1.00 e. The molecule has 0 radical (unpaired) electrons. The summed E-state index contributed by atoms with van der Waals surface area (Å²) in [5.74, 6) is 0. The molecule has 1 aromatic heterocycles. The predicted molar refractivity (Wildman–Crippen MR) is 61.8 cm³/mol. The molecule has 1 heterocycles. The van der Waals surface area contributed by atoms with Gasteiger partial charge in [0.1, 0.15) is 0 Å². The Labute approximate surface area is 105 Å². The number of hydrogen-bond donors (Lipinski definition) is 0. The summed E-state index contributed by atoms with van der Waals surface area (Å²) in [5, 5.41) is 3.24. The summed E-state index contributed by atoms with van der Waals surface area (Å²) < 4.78 is 0. The summed E-state index contributed by atoms with van der Waals surface area (Å²) in [5.41, 5.74) is 4.96. The van der Waals surface area contributed by atoms with E-state index >= 15 is 0 Å². The Morgan fingerprint density at radius 1 is 1.13 bits per heavy atom. The van der Waals surface area contributed by atoms with E-state index in [0.717, 1.165) is 10.7 Å². The summed E-state index contributed by atoms with van der Waals surface area (Å²) in [6, 6.07) is 6.49. The Morgan fingerprint density at radius 2 is 1.87 bits per heavy atom. The molecule has 2 aromatic rings. The third-order valence-electron chi connectivity index (χ3n) is 2.28. The molecule has 80 valence electrons. The second-order valence-electron chi connectivity index (χ2n) is 3.57. The van der Waals surface area contributed by atoms with Gasteiger partial charge >= 0.3 is 0 Å². The number of nitrogens with zero attached hydrogens (tertiary/aromatic N) is 1. The van der Waals surface area contributed by atoms with E-state index in [-0.39, 0.29) is 17.0 Å². The van der Waals surface area contributed by atoms with Crippen LogP contribution < -0.4 is 17.0 Å². The number of aromatic nitrogens is 1. The molecule has 0 bridgehead atoms. The van der Waals surface area contributed by atoms with Crippen molar-refractivity contribution in [1.29, 1.82) is 0 Å². The second kappa shape index (κ2) is 4.90. The normalized spacial score (nSPS) is 9.80. The van der Waals surface area contributed by atoms with Gasteiger partial charge < -0.3 is 17.0 Å². The number of benzene rings is 1. The summed E-state index contributed by atoms with van der Waals surface area (Å²) in [6.07, 6.45) is 0. The van der Waals surface area contributed by atoms with Gasteiger partial charge in [-0.2, -0.15) is 0 Å². The van der Waals surface area contributed by atoms with E-state index in [1.807, 2.05) is 6.92 Å². The summed E-state index contributed by atoms with van der Waals surface area (Å²) in [4.78, 5) is 4.49. The van der Waals surface area contributed by atoms with Crippen LogP contribution in [0.25, 0.3) is 11.3 Å². The van der Waals surface area contributed by atoms with Crippen LogP contribution in [0.1, 0.15) is 16.1 Å². The van der Waals surface area contributed by atoms with Crippen LogP contribution in [-0.4, -0.2) is 4.98 Å². The van der Waals surface area contributed by atoms with E-state index in [1.165, 1.54) is 16.7 Å². The molecule has 0 amide bonds. The van der Waals surface area contributed by atoms with E-state index < -0.39 is 0 Å². The molecule has 0 spiro atoms. The van der Waals surface area contributed by atoms with Crippen LogP contribution in [0.15, 0.2) is 23.6 Å². The van der Waals surface area contributed by atoms with Gasteiger partial charge in [0.25, 0.3) is 0 Å². The van der Waals surface area contributed by atoms with E-state index in [9.17, 15) is 0 Å². The Hall–Kier alpha value is -0.670. The average molecular weight is 283 g/mol. The highest BCUT2D eigenvalue weighted by Crippen LogP contribution is 2.25. The molecule has 0 aliphatic heterocycles. The van der Waals surface area contributed by atoms with Crippen LogP contribution in [0.2, 0.25) is 0 Å². The topological polar surface area (TPSA) is 12.9 Å². The van der Waals surface area contributed by atoms with E-state index in [1.54, 1.807) is 11.3 Å². The van der Waals surface area contributed by atoms with Gasteiger partial charge in [0.15, 0.2) is 0 Å². The maximum atomic E-state index is 4.49. The minimum absolute atomic E-state index is 0. The van der Waals surface area contributed by atoms with Crippen molar-refractivity contribution >= 4 is 11.3 Å². The van der Waals surface area contributed by atoms with Gasteiger partial charge in [-0.25, -0.2) is 4.98 Å². The average Bonchev–Trinajstić information content (AvgIpc) is 2.51. The minimum atomic E-state index is 0. The maximum absolute atomic E-state index is 4.49. The lowest BCUT2D eigenvalue weighted by atomic mass is 10.0. The fraction of sp³-hybridized carbons (Fsp3) is 0.250. The first-order valence-corrected chi connectivity index (χ1v) is 5.54. The van der Waals surface area contributed by atoms with Crippen molar-refractivity contribution in [2.75, 3.05) is 0 Å². The second-order valence-corrected chi connectivity index (χ2v) is 4.63. The molecular formula is C12H13BrNS-. The molecule has 0 saturated heterocycles. The lowest BCUT2D eigenvalue weighted by Crippen LogP contribution is -3.00. The third kappa shape index (κ3) is 2.67. The SMILES string of the molecule is Cc1ccc(-c2csc(C)n2)c(C)c1.[Br-]. The van der Waals surface area contributed by atoms with Crippen molar-refractivity contribution < 1.29 is 17.0 Å². The van der Waals surface area contributed by atoms with Gasteiger partial charge in [-0.1, -0.05) is 23.8 Å².